The van der Waals surface area contributed by atoms with Crippen LogP contribution in [0.2, 0.25) is 0 Å². The molecule has 3 aromatic carbocycles. The normalized spacial score (nSPS) is 14.1. The number of Topliss-reactive ketones (excluding diaryl/α,β-unsaturated/α-hetero) is 2. The fraction of sp³-hybridized carbons (Fsp3) is 0.667. The Kier molecular flexibility index (Phi) is 84.3. The smallest absolute Gasteiger partial charge is 0.508 e. The Morgan fingerprint density at radius 1 is 0.374 bits per heavy atom. The number of aliphatic hydroxyl groups excluding tert-OH is 8. The number of carbonyl (C=O) groups is 16. The van der Waals surface area contributed by atoms with Crippen LogP contribution in [0.4, 0.5) is 9.59 Å². The second kappa shape index (κ2) is 87.0. The lowest BCUT2D eigenvalue weighted by atomic mass is 9.93. The van der Waals surface area contributed by atoms with E-state index in [9.17, 15) is 76.7 Å². The zero-order valence-corrected chi connectivity index (χ0v) is 90.1. The van der Waals surface area contributed by atoms with Gasteiger partial charge in [-0.1, -0.05) is 111 Å². The van der Waals surface area contributed by atoms with E-state index in [0.29, 0.717) is 71.6 Å². The second-order valence-corrected chi connectivity index (χ2v) is 34.5. The summed E-state index contributed by atoms with van der Waals surface area (Å²) in [5.41, 5.74) is -5.73. The van der Waals surface area contributed by atoms with Crippen LogP contribution in [-0.4, -0.2) is 334 Å². The van der Waals surface area contributed by atoms with Gasteiger partial charge in [-0.05, 0) is 145 Å². The van der Waals surface area contributed by atoms with Crippen LogP contribution in [0.25, 0.3) is 0 Å². The molecule has 3 aromatic rings. The van der Waals surface area contributed by atoms with Crippen LogP contribution in [-0.2, 0) is 177 Å². The zero-order chi connectivity index (χ0) is 115. The molecule has 0 saturated carbocycles. The van der Waals surface area contributed by atoms with E-state index in [1.165, 1.54) is 76.5 Å². The van der Waals surface area contributed by atoms with Gasteiger partial charge in [0.05, 0.1) is 107 Å². The maximum Gasteiger partial charge on any atom is 0.508 e. The number of methoxy groups -OCH3 is 2. The van der Waals surface area contributed by atoms with E-state index >= 15 is 0 Å². The quantitative estimate of drug-likeness (QED) is 0.0110. The van der Waals surface area contributed by atoms with Crippen LogP contribution in [0.15, 0.2) is 91.0 Å². The largest absolute Gasteiger partial charge is 0.562 e. The van der Waals surface area contributed by atoms with Crippen LogP contribution in [0.3, 0.4) is 0 Å². The molecule has 2 saturated heterocycles. The lowest BCUT2D eigenvalue weighted by molar-refractivity contribution is -0.167. The first-order chi connectivity index (χ1) is 70.2. The Morgan fingerprint density at radius 3 is 0.946 bits per heavy atom. The van der Waals surface area contributed by atoms with Gasteiger partial charge in [0.15, 0.2) is 5.78 Å². The minimum atomic E-state index is -1.23. The highest BCUT2D eigenvalue weighted by Crippen LogP contribution is 2.28. The van der Waals surface area contributed by atoms with Crippen LogP contribution >= 0.6 is 9.24 Å². The molecule has 45 heteroatoms. The van der Waals surface area contributed by atoms with Crippen molar-refractivity contribution in [2.45, 2.75) is 209 Å². The summed E-state index contributed by atoms with van der Waals surface area (Å²) in [6.45, 7) is 26.9. The summed E-state index contributed by atoms with van der Waals surface area (Å²) >= 11 is 0. The first kappa shape index (κ1) is 142. The van der Waals surface area contributed by atoms with Crippen molar-refractivity contribution < 1.29 is 215 Å². The number of hydrogen-bond donors (Lipinski definition) is 9. The highest BCUT2D eigenvalue weighted by Gasteiger charge is 2.45. The number of rotatable bonds is 54. The highest BCUT2D eigenvalue weighted by atomic mass is 31.0. The molecule has 2 aliphatic rings. The molecule has 0 bridgehead atoms. The predicted molar refractivity (Wildman–Crippen MR) is 533 cm³/mol. The molecule has 44 nitrogen and oxygen atoms in total. The van der Waals surface area contributed by atoms with E-state index < -0.39 is 173 Å². The Morgan fingerprint density at radius 2 is 0.667 bits per heavy atom. The van der Waals surface area contributed by atoms with Crippen molar-refractivity contribution in [1.82, 2.24) is 0 Å². The third-order valence-electron chi connectivity index (χ3n) is 19.5. The number of benzene rings is 3. The molecular weight excluding hydrogens is 1960 g/mol. The molecule has 0 spiro atoms. The molecule has 0 amide bonds. The van der Waals surface area contributed by atoms with Crippen molar-refractivity contribution in [3.05, 3.63) is 108 Å². The number of aliphatic hydroxyl groups is 8. The molecule has 9 N–H and O–H groups in total. The van der Waals surface area contributed by atoms with Gasteiger partial charge in [0.25, 0.3) is 0 Å². The van der Waals surface area contributed by atoms with Gasteiger partial charge >= 0.3 is 83.9 Å². The number of esters is 11. The molecule has 2 aliphatic heterocycles. The third kappa shape index (κ3) is 71.4. The van der Waals surface area contributed by atoms with Gasteiger partial charge < -0.3 is 150 Å². The maximum absolute atomic E-state index is 12.0. The van der Waals surface area contributed by atoms with Gasteiger partial charge in [-0.3, -0.25) is 62.3 Å². The Hall–Kier alpha value is -10.9. The molecule has 5 atom stereocenters. The lowest BCUT2D eigenvalue weighted by Crippen LogP contribution is -2.44. The van der Waals surface area contributed by atoms with Gasteiger partial charge in [0.1, 0.15) is 115 Å². The van der Waals surface area contributed by atoms with E-state index in [2.05, 4.69) is 28.2 Å². The molecule has 147 heavy (non-hydrogen) atoms. The minimum absolute atomic E-state index is 0.00907. The predicted octanol–water partition coefficient (Wildman–Crippen LogP) is 9.17. The fourth-order valence-corrected chi connectivity index (χ4v) is 9.52. The van der Waals surface area contributed by atoms with Crippen molar-refractivity contribution in [2.24, 2.45) is 43.3 Å². The number of ketones is 2. The third-order valence-corrected chi connectivity index (χ3v) is 19.5. The van der Waals surface area contributed by atoms with Gasteiger partial charge in [-0.2, -0.15) is 6.66 Å². The molecule has 0 radical (unpaired) electrons. The van der Waals surface area contributed by atoms with Gasteiger partial charge in [0.2, 0.25) is 0 Å². The topological polar surface area (TPSA) is 631 Å². The van der Waals surface area contributed by atoms with E-state index in [1.807, 2.05) is 97.9 Å². The van der Waals surface area contributed by atoms with Crippen molar-refractivity contribution in [3.63, 3.8) is 0 Å². The standard InChI is InChI=1S/C17H22O6.C13H18O2.C12H16O4.2C11H20O6.2C9H16O5.C8H12O5.C7H14O4.C4H8O.CH4P/c1-17(12-22-16(19)23-13-17)15(18)21-10-6-5-9-20-11-14-7-3-2-4-8-14;1-2-3-9-13(14)11-15-10-12-7-5-4-6-8-12;1-12(8-13,9-14)11(15)16-7-10-5-3-2-4-6-10;2*1-9(14)17-8-11(2,7-13)10(15)16-6-4-3-5-12;2*1-4-13-8(12)9(3,5-10)6-14-7(2)11;1-3-11-6(9)8(2)4-12-7(10)13-5-8;1-7(4-10-2,5-11-3)6(8)9;1-3-4(2)5;1-2/h2-4,7-8H,5-6,9-13H2,1H3;4-8H,2-3,9-11H2,1H3;2-6,13-14H,7-9H2,1H3;2*12-13H,3-8H2,1-2H3;2*10H,4-6H2,1-3H3;3-5H2,1-2H3;4-5H2,1-3H3,(H,8,9);3H2,1-2H3;2H,1H3/q;;;;;;;;;;-1/i;11T;;;;;;;;2T;. The van der Waals surface area contributed by atoms with Gasteiger partial charge in [-0.25, -0.2) is 9.59 Å². The second-order valence-electron chi connectivity index (χ2n) is 34.5. The summed E-state index contributed by atoms with van der Waals surface area (Å²) in [5.74, 6) is -6.79. The summed E-state index contributed by atoms with van der Waals surface area (Å²) in [6.07, 6.45) is 5.00. The van der Waals surface area contributed by atoms with Crippen LogP contribution in [0, 0.1) is 43.3 Å². The summed E-state index contributed by atoms with van der Waals surface area (Å²) < 4.78 is 106. The van der Waals surface area contributed by atoms with Crippen molar-refractivity contribution in [1.29, 1.82) is 0 Å². The molecule has 5 unspecified atom stereocenters. The number of unbranched alkanes of at least 4 members (excludes halogenated alkanes) is 4. The summed E-state index contributed by atoms with van der Waals surface area (Å²) in [7, 11) is 5.91. The summed E-state index contributed by atoms with van der Waals surface area (Å²) in [6, 6.07) is 28.8. The maximum atomic E-state index is 12.0. The Balaban J connectivity index is -0.000000385. The lowest BCUT2D eigenvalue weighted by Gasteiger charge is -2.29. The van der Waals surface area contributed by atoms with Crippen molar-refractivity contribution >= 4 is 105 Å². The SMILES string of the molecule is CC(=O)OCC(C)(CO)C(=O)OCCCCO.CC(=O)OCC(C)(CO)C(=O)OCCCCO.CC(CO)(CO)C(=O)OCc1ccccc1.CC1(C(=O)OCCCCOCc2ccccc2)COC(=O)OC1.CCOC(=O)C(C)(CO)COC(C)=O.CCOC(=O)C(C)(CO)COC(C)=O.CCOC(=O)C1(C)COC(=O)OC1.COCC(C)(COC)C(=O)O.C[PH-].[3H]C(OCc1ccccc1)C(=O)CCCC.[3H]CC(=O)CC. The van der Waals surface area contributed by atoms with Crippen LogP contribution in [0.5, 0.6) is 0 Å². The Labute approximate surface area is 868 Å². The van der Waals surface area contributed by atoms with E-state index in [0.717, 1.165) is 42.4 Å². The molecule has 844 valence electrons. The number of carboxylic acid groups (broad SMARTS) is 1. The van der Waals surface area contributed by atoms with Gasteiger partial charge in [0, 0.05) is 75.9 Å². The average molecular weight is 2130 g/mol. The van der Waals surface area contributed by atoms with E-state index in [1.54, 1.807) is 55.1 Å². The van der Waals surface area contributed by atoms with Crippen molar-refractivity contribution in [2.75, 3.05) is 193 Å². The molecule has 0 aliphatic carbocycles. The molecular formula is C102H166O44P-. The minimum Gasteiger partial charge on any atom is -0.562 e. The average Bonchev–Trinajstić information content (AvgIpc) is 0.835. The number of aliphatic carboxylic acids is 1. The first-order valence-electron chi connectivity index (χ1n) is 48.5. The number of cyclic esters (lactones) is 4. The highest BCUT2D eigenvalue weighted by molar-refractivity contribution is 7.15. The molecule has 0 aromatic heterocycles. The number of carbonyl (C=O) groups excluding carboxylic acids is 15. The van der Waals surface area contributed by atoms with Gasteiger partial charge in [-0.15, -0.1) is 0 Å². The van der Waals surface area contributed by atoms with Crippen molar-refractivity contribution in [3.8, 4) is 0 Å². The molecule has 2 fully saturated rings. The van der Waals surface area contributed by atoms with Crippen LogP contribution < -0.4 is 0 Å². The van der Waals surface area contributed by atoms with E-state index in [-0.39, 0.29) is 131 Å². The fourth-order valence-electron chi connectivity index (χ4n) is 9.52. The number of ether oxygens (including phenoxy) is 19. The van der Waals surface area contributed by atoms with Crippen LogP contribution in [0.1, 0.15) is 208 Å². The zero-order valence-electron chi connectivity index (χ0n) is 91.1. The molecule has 5 rings (SSSR count). The number of carboxylic acids is 1. The number of hydrogen-bond acceptors (Lipinski definition) is 43. The van der Waals surface area contributed by atoms with E-state index in [4.69, 9.17) is 120 Å². The Bertz CT molecular complexity index is 4060. The molecule has 2 heterocycles. The summed E-state index contributed by atoms with van der Waals surface area (Å²) in [5, 5.41) is 80.1. The monoisotopic (exact) mass is 2130 g/mol. The summed E-state index contributed by atoms with van der Waals surface area (Å²) in [4.78, 5) is 177. The first-order valence-corrected chi connectivity index (χ1v) is 48.2.